The molecule has 1 atom stereocenters. The van der Waals surface area contributed by atoms with E-state index in [9.17, 15) is 4.79 Å². The number of aromatic nitrogens is 2. The lowest BCUT2D eigenvalue weighted by Gasteiger charge is -2.09. The second-order valence-corrected chi connectivity index (χ2v) is 3.52. The maximum Gasteiger partial charge on any atom is 0.328 e. The van der Waals surface area contributed by atoms with Crippen molar-refractivity contribution in [3.05, 3.63) is 41.7 Å². The molecule has 88 valence electrons. The van der Waals surface area contributed by atoms with E-state index >= 15 is 0 Å². The van der Waals surface area contributed by atoms with Crippen LogP contribution in [0, 0.1) is 6.92 Å². The van der Waals surface area contributed by atoms with E-state index in [4.69, 9.17) is 10.3 Å². The first kappa shape index (κ1) is 11.3. The van der Waals surface area contributed by atoms with Gasteiger partial charge in [0.2, 0.25) is 5.91 Å². The molecule has 1 aromatic carbocycles. The molecule has 0 bridgehead atoms. The number of rotatable bonds is 3. The van der Waals surface area contributed by atoms with Crippen LogP contribution in [0.2, 0.25) is 0 Å². The van der Waals surface area contributed by atoms with E-state index in [0.717, 1.165) is 5.56 Å². The van der Waals surface area contributed by atoms with E-state index in [1.807, 2.05) is 18.2 Å². The number of nitrogens with two attached hydrogens (primary N) is 1. The highest BCUT2D eigenvalue weighted by atomic mass is 16.5. The monoisotopic (exact) mass is 232 g/mol. The molecule has 0 aliphatic heterocycles. The number of amides is 1. The van der Waals surface area contributed by atoms with Crippen molar-refractivity contribution in [3.63, 3.8) is 0 Å². The molecule has 1 heterocycles. The highest BCUT2D eigenvalue weighted by molar-refractivity contribution is 5.93. The van der Waals surface area contributed by atoms with Gasteiger partial charge in [-0.25, -0.2) is 0 Å². The predicted molar refractivity (Wildman–Crippen MR) is 61.0 cm³/mol. The van der Waals surface area contributed by atoms with E-state index in [2.05, 4.69) is 15.5 Å². The summed E-state index contributed by atoms with van der Waals surface area (Å²) in [6.45, 7) is 1.66. The number of aryl methyl sites for hydroxylation is 1. The van der Waals surface area contributed by atoms with Crippen molar-refractivity contribution in [1.29, 1.82) is 0 Å². The summed E-state index contributed by atoms with van der Waals surface area (Å²) in [6, 6.07) is 8.35. The first-order chi connectivity index (χ1) is 8.16. The molecule has 2 aromatic rings. The van der Waals surface area contributed by atoms with Gasteiger partial charge in [-0.2, -0.15) is 4.98 Å². The van der Waals surface area contributed by atoms with Gasteiger partial charge in [-0.15, -0.1) is 0 Å². The standard InChI is InChI=1S/C11H12N4O2/c1-7-13-11(17-15-7)14-10(16)9(12)8-5-3-2-4-6-8/h2-6,9H,12H2,1H3,(H,13,14,15,16)/t9-/m0/s1. The Labute approximate surface area is 97.8 Å². The van der Waals surface area contributed by atoms with Crippen LogP contribution < -0.4 is 11.1 Å². The second-order valence-electron chi connectivity index (χ2n) is 3.52. The zero-order chi connectivity index (χ0) is 12.3. The molecule has 0 unspecified atom stereocenters. The van der Waals surface area contributed by atoms with Crippen LogP contribution in [0.5, 0.6) is 0 Å². The third-order valence-corrected chi connectivity index (χ3v) is 2.20. The molecule has 1 amide bonds. The van der Waals surface area contributed by atoms with E-state index in [0.29, 0.717) is 5.82 Å². The van der Waals surface area contributed by atoms with Crippen LogP contribution in [0.25, 0.3) is 0 Å². The fourth-order valence-electron chi connectivity index (χ4n) is 1.34. The molecule has 0 radical (unpaired) electrons. The summed E-state index contributed by atoms with van der Waals surface area (Å²) in [5.74, 6) is 0.0634. The smallest absolute Gasteiger partial charge is 0.316 e. The number of nitrogens with one attached hydrogen (secondary N) is 1. The number of benzene rings is 1. The largest absolute Gasteiger partial charge is 0.328 e. The molecule has 2 rings (SSSR count). The van der Waals surface area contributed by atoms with E-state index < -0.39 is 6.04 Å². The van der Waals surface area contributed by atoms with Gasteiger partial charge >= 0.3 is 6.01 Å². The van der Waals surface area contributed by atoms with Gasteiger partial charge in [0.05, 0.1) is 0 Å². The summed E-state index contributed by atoms with van der Waals surface area (Å²) in [5.41, 5.74) is 6.51. The topological polar surface area (TPSA) is 94.0 Å². The Morgan fingerprint density at radius 3 is 2.71 bits per heavy atom. The van der Waals surface area contributed by atoms with E-state index in [1.54, 1.807) is 19.1 Å². The van der Waals surface area contributed by atoms with Crippen LogP contribution in [0.4, 0.5) is 6.01 Å². The van der Waals surface area contributed by atoms with Crippen LogP contribution in [0.3, 0.4) is 0 Å². The number of anilines is 1. The lowest BCUT2D eigenvalue weighted by atomic mass is 10.1. The average molecular weight is 232 g/mol. The van der Waals surface area contributed by atoms with Gasteiger partial charge in [-0.3, -0.25) is 10.1 Å². The van der Waals surface area contributed by atoms with Crippen LogP contribution in [-0.4, -0.2) is 16.0 Å². The quantitative estimate of drug-likeness (QED) is 0.823. The summed E-state index contributed by atoms with van der Waals surface area (Å²) < 4.78 is 4.77. The summed E-state index contributed by atoms with van der Waals surface area (Å²) >= 11 is 0. The van der Waals surface area contributed by atoms with Gasteiger partial charge in [-0.1, -0.05) is 35.5 Å². The van der Waals surface area contributed by atoms with Crippen molar-refractivity contribution < 1.29 is 9.32 Å². The third kappa shape index (κ3) is 2.67. The number of hydrogen-bond acceptors (Lipinski definition) is 5. The average Bonchev–Trinajstić information content (AvgIpc) is 2.75. The Kier molecular flexibility index (Phi) is 3.15. The van der Waals surface area contributed by atoms with E-state index in [-0.39, 0.29) is 11.9 Å². The van der Waals surface area contributed by atoms with Gasteiger partial charge in [0.1, 0.15) is 6.04 Å². The van der Waals surface area contributed by atoms with Crippen LogP contribution in [-0.2, 0) is 4.79 Å². The highest BCUT2D eigenvalue weighted by Crippen LogP contribution is 2.12. The SMILES string of the molecule is Cc1noc(NC(=O)[C@@H](N)c2ccccc2)n1. The number of carbonyl (C=O) groups excluding carboxylic acids is 1. The molecule has 0 aliphatic carbocycles. The molecule has 6 nitrogen and oxygen atoms in total. The maximum atomic E-state index is 11.8. The number of carbonyl (C=O) groups is 1. The molecule has 0 aliphatic rings. The number of hydrogen-bond donors (Lipinski definition) is 2. The summed E-state index contributed by atoms with van der Waals surface area (Å²) in [4.78, 5) is 15.6. The first-order valence-electron chi connectivity index (χ1n) is 5.08. The molecule has 0 fully saturated rings. The van der Waals surface area contributed by atoms with Gasteiger partial charge in [0.25, 0.3) is 0 Å². The van der Waals surface area contributed by atoms with E-state index in [1.165, 1.54) is 0 Å². The number of nitrogens with zero attached hydrogens (tertiary/aromatic N) is 2. The van der Waals surface area contributed by atoms with Gasteiger partial charge in [0.15, 0.2) is 5.82 Å². The van der Waals surface area contributed by atoms with Crippen molar-refractivity contribution in [3.8, 4) is 0 Å². The van der Waals surface area contributed by atoms with Crippen molar-refractivity contribution >= 4 is 11.9 Å². The highest BCUT2D eigenvalue weighted by Gasteiger charge is 2.17. The van der Waals surface area contributed by atoms with Crippen molar-refractivity contribution in [2.45, 2.75) is 13.0 Å². The minimum atomic E-state index is -0.761. The van der Waals surface area contributed by atoms with Crippen molar-refractivity contribution in [1.82, 2.24) is 10.1 Å². The molecule has 0 saturated carbocycles. The summed E-state index contributed by atoms with van der Waals surface area (Å²) in [7, 11) is 0. The molecule has 1 aromatic heterocycles. The zero-order valence-corrected chi connectivity index (χ0v) is 9.25. The molecule has 3 N–H and O–H groups in total. The van der Waals surface area contributed by atoms with Crippen LogP contribution in [0.15, 0.2) is 34.9 Å². The molecule has 0 spiro atoms. The van der Waals surface area contributed by atoms with Gasteiger partial charge < -0.3 is 10.3 Å². The Balaban J connectivity index is 2.06. The van der Waals surface area contributed by atoms with Crippen LogP contribution in [0.1, 0.15) is 17.4 Å². The molecule has 17 heavy (non-hydrogen) atoms. The fraction of sp³-hybridized carbons (Fsp3) is 0.182. The van der Waals surface area contributed by atoms with Crippen molar-refractivity contribution in [2.75, 3.05) is 5.32 Å². The van der Waals surface area contributed by atoms with Crippen molar-refractivity contribution in [2.24, 2.45) is 5.73 Å². The summed E-state index contributed by atoms with van der Waals surface area (Å²) in [6.07, 6.45) is 0. The summed E-state index contributed by atoms with van der Waals surface area (Å²) in [5, 5.41) is 6.02. The fourth-order valence-corrected chi connectivity index (χ4v) is 1.34. The molecule has 0 saturated heterocycles. The Hall–Kier alpha value is -2.21. The lowest BCUT2D eigenvalue weighted by molar-refractivity contribution is -0.117. The normalized spacial score (nSPS) is 12.1. The van der Waals surface area contributed by atoms with Gasteiger partial charge in [0, 0.05) is 0 Å². The third-order valence-electron chi connectivity index (χ3n) is 2.20. The minimum Gasteiger partial charge on any atom is -0.316 e. The molecule has 6 heteroatoms. The zero-order valence-electron chi connectivity index (χ0n) is 9.25. The van der Waals surface area contributed by atoms with Crippen LogP contribution >= 0.6 is 0 Å². The first-order valence-corrected chi connectivity index (χ1v) is 5.08. The Morgan fingerprint density at radius 1 is 1.41 bits per heavy atom. The second kappa shape index (κ2) is 4.75. The molecular formula is C11H12N4O2. The maximum absolute atomic E-state index is 11.8. The molecular weight excluding hydrogens is 220 g/mol. The minimum absolute atomic E-state index is 0.0545. The Morgan fingerprint density at radius 2 is 2.12 bits per heavy atom. The predicted octanol–water partition coefficient (Wildman–Crippen LogP) is 1.02. The Bertz CT molecular complexity index is 509. The van der Waals surface area contributed by atoms with Gasteiger partial charge in [-0.05, 0) is 12.5 Å². The lowest BCUT2D eigenvalue weighted by Crippen LogP contribution is -2.27.